The molecule has 0 saturated carbocycles. The van der Waals surface area contributed by atoms with Crippen LogP contribution in [0.1, 0.15) is 31.2 Å². The van der Waals surface area contributed by atoms with Gasteiger partial charge in [-0.2, -0.15) is 0 Å². The lowest BCUT2D eigenvalue weighted by atomic mass is 10.0. The second-order valence-electron chi connectivity index (χ2n) is 5.94. The van der Waals surface area contributed by atoms with Crippen LogP contribution in [0, 0.1) is 5.82 Å². The fourth-order valence-corrected chi connectivity index (χ4v) is 2.88. The van der Waals surface area contributed by atoms with Gasteiger partial charge in [-0.3, -0.25) is 9.69 Å². The van der Waals surface area contributed by atoms with Gasteiger partial charge in [0, 0.05) is 32.1 Å². The maximum Gasteiger partial charge on any atom is 0.221 e. The molecule has 24 heavy (non-hydrogen) atoms. The third kappa shape index (κ3) is 6.99. The molecule has 0 spiro atoms. The van der Waals surface area contributed by atoms with E-state index in [2.05, 4.69) is 16.3 Å². The minimum atomic E-state index is -0.216. The minimum Gasteiger partial charge on any atom is -0.354 e. The number of carbonyl (C=O) groups excluding carboxylic acids is 1. The lowest BCUT2D eigenvalue weighted by molar-refractivity contribution is -0.121. The highest BCUT2D eigenvalue weighted by molar-refractivity contribution is 5.85. The lowest BCUT2D eigenvalue weighted by Gasteiger charge is -2.35. The number of amides is 1. The number of piperidine rings is 1. The van der Waals surface area contributed by atoms with Crippen molar-refractivity contribution >= 4 is 24.4 Å². The summed E-state index contributed by atoms with van der Waals surface area (Å²) in [4.78, 5) is 14.0. The first-order valence-corrected chi connectivity index (χ1v) is 8.32. The van der Waals surface area contributed by atoms with Crippen molar-refractivity contribution in [1.82, 2.24) is 10.2 Å². The topological polar surface area (TPSA) is 58.4 Å². The van der Waals surface area contributed by atoms with Crippen molar-refractivity contribution in [3.63, 3.8) is 0 Å². The zero-order chi connectivity index (χ0) is 16.5. The predicted molar refractivity (Wildman–Crippen MR) is 98.6 cm³/mol. The van der Waals surface area contributed by atoms with Crippen LogP contribution in [-0.4, -0.2) is 43.0 Å². The van der Waals surface area contributed by atoms with Gasteiger partial charge in [0.15, 0.2) is 0 Å². The fourth-order valence-electron chi connectivity index (χ4n) is 2.88. The summed E-state index contributed by atoms with van der Waals surface area (Å²) >= 11 is 0. The standard InChI is InChI=1S/C18H26FN3O.ClH/c19-16-8-6-15(7-9-16)4-3-13-22-12-2-1-5-17(22)14-21-18(23)10-11-20;/h3-4,6-9,17H,1-2,5,10-14,20H2,(H,21,23);1H/b4-3+;. The Kier molecular flexibility index (Phi) is 9.60. The average molecular weight is 356 g/mol. The number of benzene rings is 1. The van der Waals surface area contributed by atoms with Crippen LogP contribution in [0.15, 0.2) is 30.3 Å². The zero-order valence-electron chi connectivity index (χ0n) is 13.9. The first-order chi connectivity index (χ1) is 11.2. The number of hydrogen-bond acceptors (Lipinski definition) is 3. The lowest BCUT2D eigenvalue weighted by Crippen LogP contribution is -2.46. The highest BCUT2D eigenvalue weighted by Gasteiger charge is 2.21. The molecule has 3 N–H and O–H groups in total. The van der Waals surface area contributed by atoms with Gasteiger partial charge in [-0.05, 0) is 37.1 Å². The third-order valence-corrected chi connectivity index (χ3v) is 4.18. The Bertz CT molecular complexity index is 522. The number of likely N-dealkylation sites (tertiary alicyclic amines) is 1. The molecule has 1 amide bonds. The minimum absolute atomic E-state index is 0. The van der Waals surface area contributed by atoms with Gasteiger partial charge in [0.25, 0.3) is 0 Å². The van der Waals surface area contributed by atoms with E-state index in [4.69, 9.17) is 5.73 Å². The maximum absolute atomic E-state index is 12.9. The first-order valence-electron chi connectivity index (χ1n) is 8.32. The fraction of sp³-hybridized carbons (Fsp3) is 0.500. The molecule has 1 saturated heterocycles. The average Bonchev–Trinajstić information content (AvgIpc) is 2.56. The van der Waals surface area contributed by atoms with Gasteiger partial charge in [-0.25, -0.2) is 4.39 Å². The molecular weight excluding hydrogens is 329 g/mol. The molecule has 0 aromatic heterocycles. The molecule has 1 aliphatic rings. The van der Waals surface area contributed by atoms with E-state index < -0.39 is 0 Å². The van der Waals surface area contributed by atoms with Crippen molar-refractivity contribution in [2.75, 3.05) is 26.2 Å². The molecule has 6 heteroatoms. The molecule has 2 rings (SSSR count). The summed E-state index contributed by atoms with van der Waals surface area (Å²) in [5.74, 6) is -0.189. The molecule has 134 valence electrons. The summed E-state index contributed by atoms with van der Waals surface area (Å²) in [6.07, 6.45) is 8.00. The highest BCUT2D eigenvalue weighted by Crippen LogP contribution is 2.16. The van der Waals surface area contributed by atoms with E-state index in [1.54, 1.807) is 12.1 Å². The van der Waals surface area contributed by atoms with Crippen LogP contribution in [0.25, 0.3) is 6.08 Å². The van der Waals surface area contributed by atoms with Crippen molar-refractivity contribution in [2.45, 2.75) is 31.7 Å². The Balaban J connectivity index is 0.00000288. The van der Waals surface area contributed by atoms with Gasteiger partial charge in [0.05, 0.1) is 0 Å². The highest BCUT2D eigenvalue weighted by atomic mass is 35.5. The molecule has 1 unspecified atom stereocenters. The Hall–Kier alpha value is -1.43. The molecule has 1 aromatic rings. The monoisotopic (exact) mass is 355 g/mol. The second kappa shape index (κ2) is 11.2. The summed E-state index contributed by atoms with van der Waals surface area (Å²) in [5.41, 5.74) is 6.39. The quantitative estimate of drug-likeness (QED) is 0.790. The van der Waals surface area contributed by atoms with Gasteiger partial charge in [-0.1, -0.05) is 30.7 Å². The van der Waals surface area contributed by atoms with E-state index in [9.17, 15) is 9.18 Å². The van der Waals surface area contributed by atoms with Crippen molar-refractivity contribution in [3.05, 3.63) is 41.7 Å². The molecule has 1 aromatic carbocycles. The van der Waals surface area contributed by atoms with Gasteiger partial charge >= 0.3 is 0 Å². The Labute approximate surface area is 149 Å². The van der Waals surface area contributed by atoms with Crippen molar-refractivity contribution in [2.24, 2.45) is 5.73 Å². The van der Waals surface area contributed by atoms with Gasteiger partial charge in [0.1, 0.15) is 5.82 Å². The summed E-state index contributed by atoms with van der Waals surface area (Å²) in [6, 6.07) is 6.86. The Morgan fingerprint density at radius 2 is 2.08 bits per heavy atom. The van der Waals surface area contributed by atoms with E-state index >= 15 is 0 Å². The summed E-state index contributed by atoms with van der Waals surface area (Å²) in [6.45, 7) is 2.96. The largest absolute Gasteiger partial charge is 0.354 e. The number of halogens is 2. The summed E-state index contributed by atoms with van der Waals surface area (Å²) < 4.78 is 12.9. The number of rotatable bonds is 7. The van der Waals surface area contributed by atoms with Crippen LogP contribution in [0.2, 0.25) is 0 Å². The molecule has 1 aliphatic heterocycles. The number of nitrogens with one attached hydrogen (secondary N) is 1. The number of hydrogen-bond donors (Lipinski definition) is 2. The van der Waals surface area contributed by atoms with E-state index in [0.717, 1.165) is 25.1 Å². The van der Waals surface area contributed by atoms with Crippen molar-refractivity contribution in [1.29, 1.82) is 0 Å². The molecule has 1 fully saturated rings. The van der Waals surface area contributed by atoms with Crippen LogP contribution in [0.5, 0.6) is 0 Å². The maximum atomic E-state index is 12.9. The van der Waals surface area contributed by atoms with Crippen LogP contribution in [0.4, 0.5) is 4.39 Å². The van der Waals surface area contributed by atoms with Crippen molar-refractivity contribution < 1.29 is 9.18 Å². The van der Waals surface area contributed by atoms with Crippen LogP contribution < -0.4 is 11.1 Å². The van der Waals surface area contributed by atoms with E-state index in [-0.39, 0.29) is 24.1 Å². The van der Waals surface area contributed by atoms with Crippen LogP contribution >= 0.6 is 12.4 Å². The molecule has 1 heterocycles. The second-order valence-corrected chi connectivity index (χ2v) is 5.94. The molecule has 4 nitrogen and oxygen atoms in total. The summed E-state index contributed by atoms with van der Waals surface area (Å²) in [7, 11) is 0. The van der Waals surface area contributed by atoms with Crippen LogP contribution in [-0.2, 0) is 4.79 Å². The smallest absolute Gasteiger partial charge is 0.221 e. The molecule has 0 aliphatic carbocycles. The van der Waals surface area contributed by atoms with E-state index in [1.165, 1.54) is 25.0 Å². The Morgan fingerprint density at radius 1 is 1.33 bits per heavy atom. The molecule has 1 atom stereocenters. The third-order valence-electron chi connectivity index (χ3n) is 4.18. The predicted octanol–water partition coefficient (Wildman–Crippen LogP) is 2.58. The van der Waals surface area contributed by atoms with E-state index in [1.807, 2.05) is 6.08 Å². The molecule has 0 radical (unpaired) electrons. The normalized spacial score (nSPS) is 18.3. The number of nitrogens with zero attached hydrogens (tertiary/aromatic N) is 1. The number of nitrogens with two attached hydrogens (primary N) is 1. The summed E-state index contributed by atoms with van der Waals surface area (Å²) in [5, 5.41) is 2.97. The zero-order valence-corrected chi connectivity index (χ0v) is 14.7. The first kappa shape index (κ1) is 20.6. The van der Waals surface area contributed by atoms with Crippen LogP contribution in [0.3, 0.4) is 0 Å². The van der Waals surface area contributed by atoms with Crippen molar-refractivity contribution in [3.8, 4) is 0 Å². The molecule has 0 bridgehead atoms. The number of carbonyl (C=O) groups is 1. The Morgan fingerprint density at radius 3 is 2.79 bits per heavy atom. The SMILES string of the molecule is Cl.NCCC(=O)NCC1CCCCN1C/C=C/c1ccc(F)cc1. The van der Waals surface area contributed by atoms with E-state index in [0.29, 0.717) is 25.6 Å². The van der Waals surface area contributed by atoms with Gasteiger partial charge < -0.3 is 11.1 Å². The van der Waals surface area contributed by atoms with Gasteiger partial charge in [-0.15, -0.1) is 12.4 Å². The van der Waals surface area contributed by atoms with Gasteiger partial charge in [0.2, 0.25) is 5.91 Å². The molecular formula is C18H27ClFN3O.